The first-order chi connectivity index (χ1) is 13.4. The number of carbonyl (C=O) groups is 2. The molecule has 2 atom stereocenters. The predicted octanol–water partition coefficient (Wildman–Crippen LogP) is 2.53. The summed E-state index contributed by atoms with van der Waals surface area (Å²) in [5.74, 6) is 1.07. The molecule has 1 N–H and O–H groups in total. The van der Waals surface area contributed by atoms with Gasteiger partial charge < -0.3 is 10.2 Å². The molecule has 1 saturated carbocycles. The third-order valence-corrected chi connectivity index (χ3v) is 6.01. The third kappa shape index (κ3) is 3.96. The predicted molar refractivity (Wildman–Crippen MR) is 107 cm³/mol. The first-order valence-corrected chi connectivity index (χ1v) is 10.1. The number of amides is 2. The van der Waals surface area contributed by atoms with Gasteiger partial charge in [-0.2, -0.15) is 5.10 Å². The van der Waals surface area contributed by atoms with Crippen LogP contribution in [0.15, 0.2) is 30.3 Å². The summed E-state index contributed by atoms with van der Waals surface area (Å²) in [6.07, 6.45) is 2.42. The summed E-state index contributed by atoms with van der Waals surface area (Å²) in [5, 5.41) is 7.67. The highest BCUT2D eigenvalue weighted by Crippen LogP contribution is 2.41. The number of likely N-dealkylation sites (tertiary alicyclic amines) is 1. The van der Waals surface area contributed by atoms with Crippen LogP contribution in [0.2, 0.25) is 0 Å². The normalized spacial score (nSPS) is 21.8. The van der Waals surface area contributed by atoms with Gasteiger partial charge in [-0.05, 0) is 56.4 Å². The first-order valence-electron chi connectivity index (χ1n) is 10.1. The van der Waals surface area contributed by atoms with Gasteiger partial charge in [-0.1, -0.05) is 12.1 Å². The molecule has 148 valence electrons. The Morgan fingerprint density at radius 3 is 2.43 bits per heavy atom. The van der Waals surface area contributed by atoms with E-state index in [1.165, 1.54) is 12.8 Å². The standard InChI is InChI=1S/C22H28N4O2/c1-14-10-15(2)26(24-14)11-17-4-6-19(7-5-17)22(28)23-21-13-25(16(3)27)12-20(21)18-8-9-18/h4-7,10,18,20-21H,8-9,11-13H2,1-3H3,(H,23,28)/t20-,21+/m0/s1. The lowest BCUT2D eigenvalue weighted by atomic mass is 9.97. The van der Waals surface area contributed by atoms with Crippen molar-refractivity contribution in [3.63, 3.8) is 0 Å². The number of nitrogens with one attached hydrogen (secondary N) is 1. The lowest BCUT2D eigenvalue weighted by Gasteiger charge is -2.19. The van der Waals surface area contributed by atoms with Gasteiger partial charge in [-0.25, -0.2) is 0 Å². The molecular formula is C22H28N4O2. The summed E-state index contributed by atoms with van der Waals surface area (Å²) in [7, 11) is 0. The minimum absolute atomic E-state index is 0.0540. The number of aromatic nitrogens is 2. The molecule has 0 spiro atoms. The van der Waals surface area contributed by atoms with Gasteiger partial charge >= 0.3 is 0 Å². The Labute approximate surface area is 165 Å². The van der Waals surface area contributed by atoms with Gasteiger partial charge in [0.2, 0.25) is 5.91 Å². The van der Waals surface area contributed by atoms with Gasteiger partial charge in [0, 0.05) is 37.2 Å². The van der Waals surface area contributed by atoms with Crippen LogP contribution in [0, 0.1) is 25.7 Å². The molecule has 6 nitrogen and oxygen atoms in total. The zero-order valence-corrected chi connectivity index (χ0v) is 16.8. The lowest BCUT2D eigenvalue weighted by molar-refractivity contribution is -0.128. The molecule has 2 aromatic rings. The molecule has 0 radical (unpaired) electrons. The van der Waals surface area contributed by atoms with Gasteiger partial charge in [0.25, 0.3) is 5.91 Å². The topological polar surface area (TPSA) is 67.2 Å². The van der Waals surface area contributed by atoms with Gasteiger partial charge in [-0.15, -0.1) is 0 Å². The van der Waals surface area contributed by atoms with Crippen molar-refractivity contribution in [2.75, 3.05) is 13.1 Å². The van der Waals surface area contributed by atoms with Crippen LogP contribution in [0.5, 0.6) is 0 Å². The van der Waals surface area contributed by atoms with E-state index in [0.717, 1.165) is 23.5 Å². The van der Waals surface area contributed by atoms with Crippen LogP contribution in [0.3, 0.4) is 0 Å². The molecule has 1 aromatic carbocycles. The summed E-state index contributed by atoms with van der Waals surface area (Å²) in [6.45, 7) is 7.73. The summed E-state index contributed by atoms with van der Waals surface area (Å²) in [6, 6.07) is 9.84. The molecule has 2 heterocycles. The molecule has 1 saturated heterocycles. The highest BCUT2D eigenvalue weighted by atomic mass is 16.2. The van der Waals surface area contributed by atoms with E-state index in [0.29, 0.717) is 30.5 Å². The van der Waals surface area contributed by atoms with Gasteiger partial charge in [0.1, 0.15) is 0 Å². The van der Waals surface area contributed by atoms with Crippen molar-refractivity contribution in [3.8, 4) is 0 Å². The van der Waals surface area contributed by atoms with Crippen LogP contribution >= 0.6 is 0 Å². The monoisotopic (exact) mass is 380 g/mol. The number of aryl methyl sites for hydroxylation is 2. The summed E-state index contributed by atoms with van der Waals surface area (Å²) >= 11 is 0. The summed E-state index contributed by atoms with van der Waals surface area (Å²) < 4.78 is 1.97. The fourth-order valence-electron chi connectivity index (χ4n) is 4.26. The number of benzene rings is 1. The van der Waals surface area contributed by atoms with E-state index in [-0.39, 0.29) is 17.9 Å². The number of hydrogen-bond acceptors (Lipinski definition) is 3. The Kier molecular flexibility index (Phi) is 4.96. The average molecular weight is 380 g/mol. The number of rotatable bonds is 5. The lowest BCUT2D eigenvalue weighted by Crippen LogP contribution is -2.41. The molecule has 0 bridgehead atoms. The zero-order chi connectivity index (χ0) is 19.8. The molecule has 1 aliphatic carbocycles. The zero-order valence-electron chi connectivity index (χ0n) is 16.8. The second-order valence-corrected chi connectivity index (χ2v) is 8.29. The maximum Gasteiger partial charge on any atom is 0.251 e. The van der Waals surface area contributed by atoms with E-state index in [9.17, 15) is 9.59 Å². The Hall–Kier alpha value is -2.63. The fourth-order valence-corrected chi connectivity index (χ4v) is 4.26. The molecule has 4 rings (SSSR count). The minimum atomic E-state index is -0.0567. The van der Waals surface area contributed by atoms with Gasteiger partial charge in [0.15, 0.2) is 0 Å². The molecule has 2 fully saturated rings. The highest BCUT2D eigenvalue weighted by Gasteiger charge is 2.43. The van der Waals surface area contributed by atoms with Gasteiger partial charge in [0.05, 0.1) is 18.3 Å². The SMILES string of the molecule is CC(=O)N1C[C@@H](NC(=O)c2ccc(Cn3nc(C)cc3C)cc2)[C@H](C2CC2)C1. The van der Waals surface area contributed by atoms with Crippen LogP contribution < -0.4 is 5.32 Å². The van der Waals surface area contributed by atoms with Crippen molar-refractivity contribution >= 4 is 11.8 Å². The summed E-state index contributed by atoms with van der Waals surface area (Å²) in [4.78, 5) is 26.4. The number of hydrogen-bond donors (Lipinski definition) is 1. The van der Waals surface area contributed by atoms with E-state index in [1.807, 2.05) is 47.7 Å². The van der Waals surface area contributed by atoms with Crippen molar-refractivity contribution in [1.82, 2.24) is 20.0 Å². The van der Waals surface area contributed by atoms with Crippen molar-refractivity contribution in [1.29, 1.82) is 0 Å². The summed E-state index contributed by atoms with van der Waals surface area (Å²) in [5.41, 5.74) is 3.91. The van der Waals surface area contributed by atoms with Crippen molar-refractivity contribution in [2.45, 2.75) is 46.2 Å². The molecule has 2 aliphatic rings. The smallest absolute Gasteiger partial charge is 0.251 e. The molecule has 0 unspecified atom stereocenters. The number of nitrogens with zero attached hydrogens (tertiary/aromatic N) is 3. The van der Waals surface area contributed by atoms with E-state index >= 15 is 0 Å². The second kappa shape index (κ2) is 7.41. The number of carbonyl (C=O) groups excluding carboxylic acids is 2. The van der Waals surface area contributed by atoms with Crippen LogP contribution in [-0.2, 0) is 11.3 Å². The van der Waals surface area contributed by atoms with Crippen molar-refractivity contribution < 1.29 is 9.59 Å². The van der Waals surface area contributed by atoms with Crippen LogP contribution in [-0.4, -0.2) is 45.6 Å². The molecular weight excluding hydrogens is 352 g/mol. The maximum atomic E-state index is 12.8. The third-order valence-electron chi connectivity index (χ3n) is 6.01. The van der Waals surface area contributed by atoms with Crippen LogP contribution in [0.25, 0.3) is 0 Å². The maximum absolute atomic E-state index is 12.8. The van der Waals surface area contributed by atoms with Crippen LogP contribution in [0.1, 0.15) is 47.1 Å². The highest BCUT2D eigenvalue weighted by molar-refractivity contribution is 5.94. The molecule has 28 heavy (non-hydrogen) atoms. The van der Waals surface area contributed by atoms with Crippen molar-refractivity contribution in [2.24, 2.45) is 11.8 Å². The second-order valence-electron chi connectivity index (χ2n) is 8.29. The Bertz CT molecular complexity index is 882. The fraction of sp³-hybridized carbons (Fsp3) is 0.500. The van der Waals surface area contributed by atoms with Gasteiger partial charge in [-0.3, -0.25) is 14.3 Å². The molecule has 1 aliphatic heterocycles. The average Bonchev–Trinajstić information content (AvgIpc) is 3.33. The molecule has 1 aromatic heterocycles. The molecule has 6 heteroatoms. The van der Waals surface area contributed by atoms with E-state index in [1.54, 1.807) is 6.92 Å². The van der Waals surface area contributed by atoms with Crippen LogP contribution in [0.4, 0.5) is 0 Å². The minimum Gasteiger partial charge on any atom is -0.347 e. The van der Waals surface area contributed by atoms with E-state index < -0.39 is 0 Å². The Balaban J connectivity index is 1.40. The van der Waals surface area contributed by atoms with E-state index in [4.69, 9.17) is 0 Å². The van der Waals surface area contributed by atoms with E-state index in [2.05, 4.69) is 16.5 Å². The Morgan fingerprint density at radius 1 is 1.14 bits per heavy atom. The first kappa shape index (κ1) is 18.7. The molecule has 2 amide bonds. The largest absolute Gasteiger partial charge is 0.347 e. The van der Waals surface area contributed by atoms with Crippen molar-refractivity contribution in [3.05, 3.63) is 52.8 Å². The quantitative estimate of drug-likeness (QED) is 0.867. The Morgan fingerprint density at radius 2 is 1.86 bits per heavy atom.